The summed E-state index contributed by atoms with van der Waals surface area (Å²) in [6, 6.07) is 6.09. The summed E-state index contributed by atoms with van der Waals surface area (Å²) in [5, 5.41) is 8.56. The van der Waals surface area contributed by atoms with E-state index >= 15 is 0 Å². The zero-order valence-electron chi connectivity index (χ0n) is 14.3. The van der Waals surface area contributed by atoms with E-state index in [1.165, 1.54) is 11.9 Å². The smallest absolute Gasteiger partial charge is 0.254 e. The molecular formula is C18H19ClN6O. The number of rotatable bonds is 3. The minimum Gasteiger partial charge on any atom is -0.378 e. The molecule has 0 radical (unpaired) electrons. The number of hydrogen-bond acceptors (Lipinski definition) is 6. The van der Waals surface area contributed by atoms with Gasteiger partial charge < -0.3 is 15.0 Å². The SMILES string of the molecule is Clc1cc(Nc2c3c(nc4ncnn24)CCC3)ccc1N1CCOCC1. The second-order valence-electron chi connectivity index (χ2n) is 6.60. The van der Waals surface area contributed by atoms with Crippen LogP contribution >= 0.6 is 11.6 Å². The fourth-order valence-corrected chi connectivity index (χ4v) is 4.03. The number of ether oxygens (including phenoxy) is 1. The van der Waals surface area contributed by atoms with Gasteiger partial charge in [0.1, 0.15) is 12.1 Å². The fourth-order valence-electron chi connectivity index (χ4n) is 3.73. The van der Waals surface area contributed by atoms with Gasteiger partial charge in [-0.25, -0.2) is 4.98 Å². The van der Waals surface area contributed by atoms with Crippen molar-refractivity contribution in [2.45, 2.75) is 19.3 Å². The van der Waals surface area contributed by atoms with Crippen molar-refractivity contribution >= 4 is 34.6 Å². The molecule has 5 rings (SSSR count). The van der Waals surface area contributed by atoms with E-state index in [0.29, 0.717) is 5.78 Å². The van der Waals surface area contributed by atoms with E-state index in [0.717, 1.165) is 73.5 Å². The molecule has 0 spiro atoms. The van der Waals surface area contributed by atoms with Gasteiger partial charge in [0.05, 0.1) is 29.6 Å². The Labute approximate surface area is 156 Å². The summed E-state index contributed by atoms with van der Waals surface area (Å²) in [5.74, 6) is 1.57. The number of benzene rings is 1. The van der Waals surface area contributed by atoms with Gasteiger partial charge >= 0.3 is 0 Å². The molecule has 2 aliphatic rings. The van der Waals surface area contributed by atoms with Crippen LogP contribution in [0.25, 0.3) is 5.78 Å². The minimum absolute atomic E-state index is 0.629. The van der Waals surface area contributed by atoms with E-state index in [1.807, 2.05) is 6.07 Å². The van der Waals surface area contributed by atoms with E-state index in [2.05, 4.69) is 37.4 Å². The molecule has 0 bridgehead atoms. The number of nitrogens with zero attached hydrogens (tertiary/aromatic N) is 5. The molecule has 0 amide bonds. The van der Waals surface area contributed by atoms with Gasteiger partial charge in [-0.15, -0.1) is 0 Å². The van der Waals surface area contributed by atoms with Crippen LogP contribution in [0.2, 0.25) is 5.02 Å². The Morgan fingerprint density at radius 3 is 2.88 bits per heavy atom. The number of nitrogens with one attached hydrogen (secondary N) is 1. The van der Waals surface area contributed by atoms with E-state index in [1.54, 1.807) is 4.52 Å². The zero-order valence-corrected chi connectivity index (χ0v) is 15.0. The highest BCUT2D eigenvalue weighted by atomic mass is 35.5. The number of morpholine rings is 1. The number of fused-ring (bicyclic) bond motifs is 2. The molecule has 0 saturated carbocycles. The Hall–Kier alpha value is -2.38. The summed E-state index contributed by atoms with van der Waals surface area (Å²) < 4.78 is 7.19. The predicted octanol–water partition coefficient (Wildman–Crippen LogP) is 2.85. The highest BCUT2D eigenvalue weighted by molar-refractivity contribution is 6.33. The third-order valence-corrected chi connectivity index (χ3v) is 5.32. The van der Waals surface area contributed by atoms with Gasteiger partial charge in [-0.05, 0) is 37.5 Å². The molecule has 7 nitrogen and oxygen atoms in total. The monoisotopic (exact) mass is 370 g/mol. The molecule has 8 heteroatoms. The molecule has 2 aromatic heterocycles. The summed E-state index contributed by atoms with van der Waals surface area (Å²) >= 11 is 6.57. The Bertz CT molecular complexity index is 966. The third kappa shape index (κ3) is 2.68. The number of hydrogen-bond donors (Lipinski definition) is 1. The molecule has 0 unspecified atom stereocenters. The lowest BCUT2D eigenvalue weighted by Gasteiger charge is -2.29. The van der Waals surface area contributed by atoms with Gasteiger partial charge in [-0.3, -0.25) is 0 Å². The molecule has 3 heterocycles. The summed E-state index contributed by atoms with van der Waals surface area (Å²) in [4.78, 5) is 11.1. The second kappa shape index (κ2) is 6.41. The van der Waals surface area contributed by atoms with E-state index in [-0.39, 0.29) is 0 Å². The van der Waals surface area contributed by atoms with Crippen molar-refractivity contribution in [3.63, 3.8) is 0 Å². The lowest BCUT2D eigenvalue weighted by Crippen LogP contribution is -2.36. The van der Waals surface area contributed by atoms with Crippen molar-refractivity contribution in [3.05, 3.63) is 40.8 Å². The van der Waals surface area contributed by atoms with E-state index in [9.17, 15) is 0 Å². The maximum Gasteiger partial charge on any atom is 0.254 e. The fraction of sp³-hybridized carbons (Fsp3) is 0.389. The highest BCUT2D eigenvalue weighted by Gasteiger charge is 2.21. The number of aromatic nitrogens is 4. The maximum atomic E-state index is 6.57. The van der Waals surface area contributed by atoms with Crippen LogP contribution in [0, 0.1) is 0 Å². The lowest BCUT2D eigenvalue weighted by atomic mass is 10.2. The summed E-state index contributed by atoms with van der Waals surface area (Å²) in [6.07, 6.45) is 4.64. The summed E-state index contributed by atoms with van der Waals surface area (Å²) in [5.41, 5.74) is 4.32. The number of halogens is 1. The Kier molecular flexibility index (Phi) is 3.90. The zero-order chi connectivity index (χ0) is 17.5. The minimum atomic E-state index is 0.629. The van der Waals surface area contributed by atoms with Crippen molar-refractivity contribution in [2.24, 2.45) is 0 Å². The quantitative estimate of drug-likeness (QED) is 0.764. The average Bonchev–Trinajstić information content (AvgIpc) is 3.31. The van der Waals surface area contributed by atoms with E-state index < -0.39 is 0 Å². The van der Waals surface area contributed by atoms with Crippen LogP contribution in [0.15, 0.2) is 24.5 Å². The molecule has 1 aliphatic carbocycles. The number of anilines is 3. The molecule has 0 atom stereocenters. The van der Waals surface area contributed by atoms with Crippen LogP contribution in [0.3, 0.4) is 0 Å². The average molecular weight is 371 g/mol. The van der Waals surface area contributed by atoms with Crippen LogP contribution in [-0.2, 0) is 17.6 Å². The van der Waals surface area contributed by atoms with E-state index in [4.69, 9.17) is 16.3 Å². The molecule has 134 valence electrons. The van der Waals surface area contributed by atoms with Crippen molar-refractivity contribution in [3.8, 4) is 0 Å². The Balaban J connectivity index is 1.49. The maximum absolute atomic E-state index is 6.57. The predicted molar refractivity (Wildman–Crippen MR) is 101 cm³/mol. The van der Waals surface area contributed by atoms with Gasteiger partial charge in [0.15, 0.2) is 0 Å². The van der Waals surface area contributed by atoms with Gasteiger partial charge in [0.2, 0.25) is 0 Å². The summed E-state index contributed by atoms with van der Waals surface area (Å²) in [6.45, 7) is 3.21. The first-order chi connectivity index (χ1) is 12.8. The number of aryl methyl sites for hydroxylation is 1. The molecule has 1 aliphatic heterocycles. The summed E-state index contributed by atoms with van der Waals surface area (Å²) in [7, 11) is 0. The largest absolute Gasteiger partial charge is 0.378 e. The molecule has 1 fully saturated rings. The lowest BCUT2D eigenvalue weighted by molar-refractivity contribution is 0.122. The van der Waals surface area contributed by atoms with Gasteiger partial charge in [-0.2, -0.15) is 14.6 Å². The van der Waals surface area contributed by atoms with Gasteiger partial charge in [-0.1, -0.05) is 11.6 Å². The van der Waals surface area contributed by atoms with Crippen LogP contribution in [0.4, 0.5) is 17.2 Å². The van der Waals surface area contributed by atoms with Crippen molar-refractivity contribution in [1.29, 1.82) is 0 Å². The Morgan fingerprint density at radius 2 is 2.04 bits per heavy atom. The van der Waals surface area contributed by atoms with Crippen LogP contribution in [-0.4, -0.2) is 45.9 Å². The standard InChI is InChI=1S/C18H19ClN6O/c19-14-10-12(4-5-16(14)24-6-8-26-9-7-24)22-17-13-2-1-3-15(13)23-18-20-11-21-25(17)18/h4-5,10-11,22H,1-3,6-9H2. The first-order valence-electron chi connectivity index (χ1n) is 8.90. The van der Waals surface area contributed by atoms with Gasteiger partial charge in [0, 0.05) is 24.3 Å². The van der Waals surface area contributed by atoms with Crippen molar-refractivity contribution in [1.82, 2.24) is 19.6 Å². The molecule has 3 aromatic rings. The topological polar surface area (TPSA) is 67.6 Å². The molecular weight excluding hydrogens is 352 g/mol. The van der Waals surface area contributed by atoms with Crippen LogP contribution in [0.1, 0.15) is 17.7 Å². The second-order valence-corrected chi connectivity index (χ2v) is 7.01. The Morgan fingerprint density at radius 1 is 1.15 bits per heavy atom. The molecule has 1 saturated heterocycles. The molecule has 1 N–H and O–H groups in total. The normalized spacial score (nSPS) is 16.9. The highest BCUT2D eigenvalue weighted by Crippen LogP contribution is 2.33. The molecule has 1 aromatic carbocycles. The van der Waals surface area contributed by atoms with Crippen LogP contribution < -0.4 is 10.2 Å². The third-order valence-electron chi connectivity index (χ3n) is 5.01. The first kappa shape index (κ1) is 15.8. The van der Waals surface area contributed by atoms with Gasteiger partial charge in [0.25, 0.3) is 5.78 Å². The molecule has 26 heavy (non-hydrogen) atoms. The van der Waals surface area contributed by atoms with Crippen molar-refractivity contribution < 1.29 is 4.74 Å². The van der Waals surface area contributed by atoms with Crippen molar-refractivity contribution in [2.75, 3.05) is 36.5 Å². The van der Waals surface area contributed by atoms with Crippen LogP contribution in [0.5, 0.6) is 0 Å². The first-order valence-corrected chi connectivity index (χ1v) is 9.28.